The summed E-state index contributed by atoms with van der Waals surface area (Å²) in [6, 6.07) is 8.45. The molecule has 1 fully saturated rings. The van der Waals surface area contributed by atoms with Gasteiger partial charge >= 0.3 is 5.69 Å². The second-order valence-corrected chi connectivity index (χ2v) is 13.1. The number of nitrogens with zero attached hydrogens (tertiary/aromatic N) is 3. The molecule has 35 heavy (non-hydrogen) atoms. The molecule has 0 spiro atoms. The highest BCUT2D eigenvalue weighted by Crippen LogP contribution is 2.42. The smallest absolute Gasteiger partial charge is 0.330 e. The van der Waals surface area contributed by atoms with Gasteiger partial charge in [-0.05, 0) is 66.5 Å². The van der Waals surface area contributed by atoms with Gasteiger partial charge in [0.25, 0.3) is 0 Å². The van der Waals surface area contributed by atoms with Gasteiger partial charge in [-0.3, -0.25) is 13.9 Å². The molecule has 2 atom stereocenters. The van der Waals surface area contributed by atoms with Crippen LogP contribution in [0, 0.1) is 10.8 Å². The van der Waals surface area contributed by atoms with Crippen molar-refractivity contribution in [3.63, 3.8) is 0 Å². The Kier molecular flexibility index (Phi) is 7.28. The number of rotatable bonds is 7. The van der Waals surface area contributed by atoms with Crippen LogP contribution in [-0.4, -0.2) is 26.1 Å². The number of hydrogen-bond donors (Lipinski definition) is 1. The van der Waals surface area contributed by atoms with Gasteiger partial charge < -0.3 is 5.32 Å². The van der Waals surface area contributed by atoms with Crippen LogP contribution in [0.2, 0.25) is 0 Å². The van der Waals surface area contributed by atoms with Gasteiger partial charge in [0, 0.05) is 42.5 Å². The van der Waals surface area contributed by atoms with Gasteiger partial charge in [0.15, 0.2) is 5.65 Å². The van der Waals surface area contributed by atoms with Crippen LogP contribution in [0.25, 0.3) is 11.2 Å². The fraction of sp³-hybridized carbons (Fsp3) is 0.607. The maximum atomic E-state index is 12.9. The van der Waals surface area contributed by atoms with Gasteiger partial charge in [-0.2, -0.15) is 0 Å². The lowest BCUT2D eigenvalue weighted by atomic mass is 9.68. The zero-order valence-electron chi connectivity index (χ0n) is 22.1. The van der Waals surface area contributed by atoms with Crippen molar-refractivity contribution in [1.29, 1.82) is 0 Å². The SMILES string of the molecule is Cn1c(=O)n(CC(C)(C)C)c2ccc(C3CCC(C)(C)C(NC(=O)CCCc4cccs4)C3)nc21. The molecule has 0 aromatic carbocycles. The van der Waals surface area contributed by atoms with E-state index in [1.165, 1.54) is 4.88 Å². The maximum absolute atomic E-state index is 12.9. The lowest BCUT2D eigenvalue weighted by Gasteiger charge is -2.42. The summed E-state index contributed by atoms with van der Waals surface area (Å²) in [5, 5.41) is 5.44. The topological polar surface area (TPSA) is 68.9 Å². The monoisotopic (exact) mass is 496 g/mol. The summed E-state index contributed by atoms with van der Waals surface area (Å²) < 4.78 is 3.51. The molecule has 3 aromatic heterocycles. The summed E-state index contributed by atoms with van der Waals surface area (Å²) in [5.74, 6) is 0.412. The minimum Gasteiger partial charge on any atom is -0.353 e. The zero-order valence-corrected chi connectivity index (χ0v) is 22.9. The first-order chi connectivity index (χ1) is 16.4. The average molecular weight is 497 g/mol. The van der Waals surface area contributed by atoms with Crippen LogP contribution < -0.4 is 11.0 Å². The minimum atomic E-state index is -0.0166. The molecular weight excluding hydrogens is 456 g/mol. The minimum absolute atomic E-state index is 0.000926. The van der Waals surface area contributed by atoms with Crippen LogP contribution in [0.3, 0.4) is 0 Å². The van der Waals surface area contributed by atoms with Crippen LogP contribution in [0.15, 0.2) is 34.4 Å². The van der Waals surface area contributed by atoms with E-state index in [2.05, 4.69) is 69.6 Å². The van der Waals surface area contributed by atoms with Gasteiger partial charge in [-0.15, -0.1) is 11.3 Å². The molecule has 0 bridgehead atoms. The second-order valence-electron chi connectivity index (χ2n) is 12.1. The summed E-state index contributed by atoms with van der Waals surface area (Å²) >= 11 is 1.75. The summed E-state index contributed by atoms with van der Waals surface area (Å²) in [6.07, 6.45) is 5.33. The van der Waals surface area contributed by atoms with E-state index in [1.807, 2.05) is 11.6 Å². The number of carbonyl (C=O) groups excluding carboxylic acids is 1. The van der Waals surface area contributed by atoms with Crippen molar-refractivity contribution in [3.05, 3.63) is 50.7 Å². The van der Waals surface area contributed by atoms with E-state index in [-0.39, 0.29) is 34.4 Å². The van der Waals surface area contributed by atoms with E-state index < -0.39 is 0 Å². The van der Waals surface area contributed by atoms with Crippen LogP contribution in [0.5, 0.6) is 0 Å². The standard InChI is InChI=1S/C28H40N4O2S/c1-27(2,3)18-32-22-13-12-21(29-25(22)31(6)26(32)34)19-14-15-28(4,5)23(17-19)30-24(33)11-7-9-20-10-8-16-35-20/h8,10,12-13,16,19,23H,7,9,11,14-15,17-18H2,1-6H3,(H,30,33). The molecule has 3 aromatic rings. The normalized spacial score (nSPS) is 20.3. The summed E-state index contributed by atoms with van der Waals surface area (Å²) in [6.45, 7) is 11.6. The Morgan fingerprint density at radius 3 is 2.71 bits per heavy atom. The molecule has 4 rings (SSSR count). The molecule has 0 saturated heterocycles. The molecule has 7 heteroatoms. The average Bonchev–Trinajstić information content (AvgIpc) is 3.37. The van der Waals surface area contributed by atoms with E-state index >= 15 is 0 Å². The maximum Gasteiger partial charge on any atom is 0.330 e. The number of carbonyl (C=O) groups is 1. The molecular formula is C28H40N4O2S. The summed E-state index contributed by atoms with van der Waals surface area (Å²) in [7, 11) is 1.81. The Bertz CT molecular complexity index is 1230. The Labute approximate surface area is 212 Å². The summed E-state index contributed by atoms with van der Waals surface area (Å²) in [5.41, 5.74) is 2.69. The fourth-order valence-corrected chi connectivity index (χ4v) is 6.00. The van der Waals surface area contributed by atoms with Crippen molar-refractivity contribution in [2.45, 2.75) is 91.6 Å². The van der Waals surface area contributed by atoms with Crippen molar-refractivity contribution < 1.29 is 4.79 Å². The van der Waals surface area contributed by atoms with Crippen molar-refractivity contribution in [2.24, 2.45) is 17.9 Å². The number of aryl methyl sites for hydroxylation is 2. The van der Waals surface area contributed by atoms with E-state index in [0.29, 0.717) is 13.0 Å². The third-order valence-electron chi connectivity index (χ3n) is 7.40. The number of pyridine rings is 1. The first kappa shape index (κ1) is 25.7. The molecule has 1 aliphatic rings. The third kappa shape index (κ3) is 5.88. The Morgan fingerprint density at radius 2 is 2.03 bits per heavy atom. The van der Waals surface area contributed by atoms with Crippen LogP contribution >= 0.6 is 11.3 Å². The summed E-state index contributed by atoms with van der Waals surface area (Å²) in [4.78, 5) is 32.0. The van der Waals surface area contributed by atoms with Crippen LogP contribution in [0.1, 0.15) is 83.2 Å². The van der Waals surface area contributed by atoms with E-state index in [9.17, 15) is 9.59 Å². The highest BCUT2D eigenvalue weighted by atomic mass is 32.1. The molecule has 0 aliphatic heterocycles. The second kappa shape index (κ2) is 9.92. The van der Waals surface area contributed by atoms with Gasteiger partial charge in [0.1, 0.15) is 0 Å². The quantitative estimate of drug-likeness (QED) is 0.460. The molecule has 1 saturated carbocycles. The number of thiophene rings is 1. The van der Waals surface area contributed by atoms with E-state index in [1.54, 1.807) is 15.9 Å². The first-order valence-corrected chi connectivity index (χ1v) is 13.7. The highest BCUT2D eigenvalue weighted by Gasteiger charge is 2.38. The Balaban J connectivity index is 1.47. The molecule has 6 nitrogen and oxygen atoms in total. The molecule has 0 radical (unpaired) electrons. The molecule has 3 heterocycles. The molecule has 190 valence electrons. The van der Waals surface area contributed by atoms with Gasteiger partial charge in [0.2, 0.25) is 5.91 Å². The number of aromatic nitrogens is 3. The molecule has 2 unspecified atom stereocenters. The van der Waals surface area contributed by atoms with Crippen molar-refractivity contribution in [1.82, 2.24) is 19.4 Å². The van der Waals surface area contributed by atoms with Crippen LogP contribution in [0.4, 0.5) is 0 Å². The highest BCUT2D eigenvalue weighted by molar-refractivity contribution is 7.09. The zero-order chi connectivity index (χ0) is 25.4. The largest absolute Gasteiger partial charge is 0.353 e. The number of amides is 1. The molecule has 1 N–H and O–H groups in total. The predicted octanol–water partition coefficient (Wildman–Crippen LogP) is 5.64. The lowest BCUT2D eigenvalue weighted by molar-refractivity contribution is -0.123. The first-order valence-electron chi connectivity index (χ1n) is 12.8. The van der Waals surface area contributed by atoms with Gasteiger partial charge in [-0.25, -0.2) is 9.78 Å². The van der Waals surface area contributed by atoms with Crippen molar-refractivity contribution in [3.8, 4) is 0 Å². The van der Waals surface area contributed by atoms with E-state index in [0.717, 1.165) is 49.0 Å². The number of hydrogen-bond acceptors (Lipinski definition) is 4. The van der Waals surface area contributed by atoms with Gasteiger partial charge in [0.05, 0.1) is 5.52 Å². The third-order valence-corrected chi connectivity index (χ3v) is 8.33. The van der Waals surface area contributed by atoms with Gasteiger partial charge in [-0.1, -0.05) is 40.7 Å². The Morgan fingerprint density at radius 1 is 1.26 bits per heavy atom. The molecule has 1 amide bonds. The Hall–Kier alpha value is -2.41. The van der Waals surface area contributed by atoms with E-state index in [4.69, 9.17) is 4.98 Å². The predicted molar refractivity (Wildman–Crippen MR) is 144 cm³/mol. The number of fused-ring (bicyclic) bond motifs is 1. The molecule has 1 aliphatic carbocycles. The van der Waals surface area contributed by atoms with Crippen LogP contribution in [-0.2, 0) is 24.8 Å². The van der Waals surface area contributed by atoms with Crippen molar-refractivity contribution in [2.75, 3.05) is 0 Å². The van der Waals surface area contributed by atoms with Crippen molar-refractivity contribution >= 4 is 28.4 Å². The number of nitrogens with one attached hydrogen (secondary N) is 1. The fourth-order valence-electron chi connectivity index (χ4n) is 5.25. The lowest BCUT2D eigenvalue weighted by Crippen LogP contribution is -2.48. The number of imidazole rings is 1.